The van der Waals surface area contributed by atoms with Crippen molar-refractivity contribution in [2.75, 3.05) is 19.3 Å². The molecule has 0 bridgehead atoms. The maximum absolute atomic E-state index is 12.6. The van der Waals surface area contributed by atoms with E-state index in [0.717, 1.165) is 17.5 Å². The Hall–Kier alpha value is -2.60. The second-order valence-electron chi connectivity index (χ2n) is 7.45. The van der Waals surface area contributed by atoms with Gasteiger partial charge in [0.1, 0.15) is 0 Å². The predicted octanol–water partition coefficient (Wildman–Crippen LogP) is 4.52. The molecule has 0 saturated heterocycles. The molecule has 0 saturated carbocycles. The molecule has 0 fully saturated rings. The zero-order valence-electron chi connectivity index (χ0n) is 18.1. The van der Waals surface area contributed by atoms with Gasteiger partial charge in [-0.2, -0.15) is 0 Å². The van der Waals surface area contributed by atoms with Crippen LogP contribution in [0.5, 0.6) is 0 Å². The highest BCUT2D eigenvalue weighted by atomic mass is 32.2. The standard InChI is InChI=1S/C26H30N2O2S/c1-3-19-8-6-9-20(14-19)16-27-17-23(29)18-28-26(30)22-11-7-10-21(15-22)24-12-4-5-13-25(24)31-2/h4-15,23,27,29H,3,16-18H2,1-2H3,(H,28,30)/t23-/m1/s1. The Kier molecular flexibility index (Phi) is 8.71. The number of rotatable bonds is 10. The maximum Gasteiger partial charge on any atom is 0.251 e. The smallest absolute Gasteiger partial charge is 0.251 e. The number of aryl methyl sites for hydroxylation is 1. The third-order valence-electron chi connectivity index (χ3n) is 5.15. The molecule has 0 radical (unpaired) electrons. The second kappa shape index (κ2) is 11.7. The van der Waals surface area contributed by atoms with Crippen molar-refractivity contribution in [2.24, 2.45) is 0 Å². The van der Waals surface area contributed by atoms with Crippen molar-refractivity contribution in [1.82, 2.24) is 10.6 Å². The fourth-order valence-electron chi connectivity index (χ4n) is 3.44. The van der Waals surface area contributed by atoms with E-state index in [4.69, 9.17) is 0 Å². The summed E-state index contributed by atoms with van der Waals surface area (Å²) in [5.41, 5.74) is 5.20. The fourth-order valence-corrected chi connectivity index (χ4v) is 4.06. The van der Waals surface area contributed by atoms with E-state index < -0.39 is 6.10 Å². The van der Waals surface area contributed by atoms with Crippen LogP contribution in [0.4, 0.5) is 0 Å². The van der Waals surface area contributed by atoms with Crippen LogP contribution in [0, 0.1) is 0 Å². The van der Waals surface area contributed by atoms with Crippen LogP contribution in [-0.4, -0.2) is 36.5 Å². The minimum absolute atomic E-state index is 0.182. The molecule has 162 valence electrons. The molecule has 1 atom stereocenters. The van der Waals surface area contributed by atoms with Gasteiger partial charge in [-0.25, -0.2) is 0 Å². The molecule has 0 aliphatic carbocycles. The average Bonchev–Trinajstić information content (AvgIpc) is 2.82. The van der Waals surface area contributed by atoms with E-state index in [9.17, 15) is 9.90 Å². The largest absolute Gasteiger partial charge is 0.390 e. The van der Waals surface area contributed by atoms with Gasteiger partial charge in [0.05, 0.1) is 6.10 Å². The monoisotopic (exact) mass is 434 g/mol. The summed E-state index contributed by atoms with van der Waals surface area (Å²) in [4.78, 5) is 13.8. The molecule has 0 unspecified atom stereocenters. The summed E-state index contributed by atoms with van der Waals surface area (Å²) < 4.78 is 0. The van der Waals surface area contributed by atoms with Crippen LogP contribution in [0.1, 0.15) is 28.4 Å². The lowest BCUT2D eigenvalue weighted by Crippen LogP contribution is -2.38. The highest BCUT2D eigenvalue weighted by molar-refractivity contribution is 7.98. The van der Waals surface area contributed by atoms with Crippen LogP contribution >= 0.6 is 11.8 Å². The maximum atomic E-state index is 12.6. The molecule has 3 rings (SSSR count). The molecule has 0 aliphatic heterocycles. The van der Waals surface area contributed by atoms with Gasteiger partial charge in [0.15, 0.2) is 0 Å². The summed E-state index contributed by atoms with van der Waals surface area (Å²) in [6.45, 7) is 3.44. The number of hydrogen-bond donors (Lipinski definition) is 3. The first kappa shape index (κ1) is 23.1. The van der Waals surface area contributed by atoms with Gasteiger partial charge in [-0.1, -0.05) is 61.5 Å². The topological polar surface area (TPSA) is 61.4 Å². The van der Waals surface area contributed by atoms with E-state index in [0.29, 0.717) is 18.7 Å². The van der Waals surface area contributed by atoms with Gasteiger partial charge in [-0.15, -0.1) is 11.8 Å². The lowest BCUT2D eigenvalue weighted by molar-refractivity contribution is 0.0915. The van der Waals surface area contributed by atoms with Gasteiger partial charge in [0, 0.05) is 30.1 Å². The van der Waals surface area contributed by atoms with Gasteiger partial charge < -0.3 is 15.7 Å². The number of carbonyl (C=O) groups is 1. The minimum atomic E-state index is -0.654. The zero-order valence-corrected chi connectivity index (χ0v) is 18.9. The van der Waals surface area contributed by atoms with Crippen molar-refractivity contribution in [3.05, 3.63) is 89.5 Å². The van der Waals surface area contributed by atoms with E-state index in [1.165, 1.54) is 16.0 Å². The number of nitrogens with one attached hydrogen (secondary N) is 2. The summed E-state index contributed by atoms with van der Waals surface area (Å²) in [6.07, 6.45) is 2.40. The molecule has 0 aromatic heterocycles. The van der Waals surface area contributed by atoms with Gasteiger partial charge in [0.25, 0.3) is 5.91 Å². The van der Waals surface area contributed by atoms with Crippen LogP contribution in [0.2, 0.25) is 0 Å². The number of hydrogen-bond acceptors (Lipinski definition) is 4. The van der Waals surface area contributed by atoms with E-state index in [1.54, 1.807) is 17.8 Å². The Balaban J connectivity index is 1.51. The lowest BCUT2D eigenvalue weighted by atomic mass is 10.0. The van der Waals surface area contributed by atoms with Crippen LogP contribution in [0.3, 0.4) is 0 Å². The van der Waals surface area contributed by atoms with Crippen molar-refractivity contribution in [3.63, 3.8) is 0 Å². The van der Waals surface area contributed by atoms with Crippen LogP contribution < -0.4 is 10.6 Å². The van der Waals surface area contributed by atoms with E-state index in [2.05, 4.69) is 54.0 Å². The van der Waals surface area contributed by atoms with Gasteiger partial charge in [-0.05, 0) is 53.1 Å². The SMILES string of the molecule is CCc1cccc(CNC[C@@H](O)CNC(=O)c2cccc(-c3ccccc3SC)c2)c1. The molecule has 4 nitrogen and oxygen atoms in total. The Bertz CT molecular complexity index is 1010. The summed E-state index contributed by atoms with van der Waals surface area (Å²) in [6, 6.07) is 24.2. The minimum Gasteiger partial charge on any atom is -0.390 e. The summed E-state index contributed by atoms with van der Waals surface area (Å²) >= 11 is 1.69. The van der Waals surface area contributed by atoms with Crippen LogP contribution in [0.25, 0.3) is 11.1 Å². The number of aliphatic hydroxyl groups excluding tert-OH is 1. The van der Waals surface area contributed by atoms with E-state index in [-0.39, 0.29) is 12.5 Å². The van der Waals surface area contributed by atoms with Crippen molar-refractivity contribution in [1.29, 1.82) is 0 Å². The van der Waals surface area contributed by atoms with Gasteiger partial charge >= 0.3 is 0 Å². The zero-order chi connectivity index (χ0) is 22.1. The number of benzene rings is 3. The molecular weight excluding hydrogens is 404 g/mol. The molecule has 0 heterocycles. The molecule has 31 heavy (non-hydrogen) atoms. The molecule has 5 heteroatoms. The first-order valence-corrected chi connectivity index (χ1v) is 11.8. The van der Waals surface area contributed by atoms with Crippen LogP contribution in [0.15, 0.2) is 77.7 Å². The highest BCUT2D eigenvalue weighted by Crippen LogP contribution is 2.30. The fraction of sp³-hybridized carbons (Fsp3) is 0.269. The van der Waals surface area contributed by atoms with Crippen LogP contribution in [-0.2, 0) is 13.0 Å². The highest BCUT2D eigenvalue weighted by Gasteiger charge is 2.11. The Morgan fingerprint density at radius 1 is 0.968 bits per heavy atom. The summed E-state index contributed by atoms with van der Waals surface area (Å²) in [5.74, 6) is -0.182. The summed E-state index contributed by atoms with van der Waals surface area (Å²) in [5, 5.41) is 16.3. The molecule has 3 N–H and O–H groups in total. The van der Waals surface area contributed by atoms with Gasteiger partial charge in [-0.3, -0.25) is 4.79 Å². The predicted molar refractivity (Wildman–Crippen MR) is 130 cm³/mol. The molecular formula is C26H30N2O2S. The quantitative estimate of drug-likeness (QED) is 0.411. The van der Waals surface area contributed by atoms with Crippen molar-refractivity contribution in [2.45, 2.75) is 30.9 Å². The third kappa shape index (κ3) is 6.69. The first-order chi connectivity index (χ1) is 15.1. The Morgan fingerprint density at radius 2 is 1.74 bits per heavy atom. The number of aliphatic hydroxyl groups is 1. The molecule has 3 aromatic carbocycles. The summed E-state index contributed by atoms with van der Waals surface area (Å²) in [7, 11) is 0. The van der Waals surface area contributed by atoms with E-state index >= 15 is 0 Å². The first-order valence-electron chi connectivity index (χ1n) is 10.6. The Labute approximate surface area is 189 Å². The van der Waals surface area contributed by atoms with Crippen molar-refractivity contribution < 1.29 is 9.90 Å². The molecule has 3 aromatic rings. The van der Waals surface area contributed by atoms with E-state index in [1.807, 2.05) is 36.6 Å². The Morgan fingerprint density at radius 3 is 2.55 bits per heavy atom. The second-order valence-corrected chi connectivity index (χ2v) is 8.30. The lowest BCUT2D eigenvalue weighted by Gasteiger charge is -2.14. The normalized spacial score (nSPS) is 11.8. The van der Waals surface area contributed by atoms with Gasteiger partial charge in [0.2, 0.25) is 0 Å². The number of carbonyl (C=O) groups excluding carboxylic acids is 1. The number of amides is 1. The number of thioether (sulfide) groups is 1. The average molecular weight is 435 g/mol. The van der Waals surface area contributed by atoms with Crippen molar-refractivity contribution in [3.8, 4) is 11.1 Å². The van der Waals surface area contributed by atoms with Crippen molar-refractivity contribution >= 4 is 17.7 Å². The molecule has 1 amide bonds. The molecule has 0 spiro atoms. The third-order valence-corrected chi connectivity index (χ3v) is 5.95. The molecule has 0 aliphatic rings.